The smallest absolute Gasteiger partial charge is 0.143 e. The van der Waals surface area contributed by atoms with Gasteiger partial charge in [0.25, 0.3) is 0 Å². The molecule has 1 aliphatic heterocycles. The van der Waals surface area contributed by atoms with E-state index in [-0.39, 0.29) is 5.41 Å². The molecule has 3 heteroatoms. The second-order valence-corrected chi connectivity index (χ2v) is 16.2. The summed E-state index contributed by atoms with van der Waals surface area (Å²) in [4.78, 5) is 2.49. The van der Waals surface area contributed by atoms with Crippen LogP contribution in [0.5, 0.6) is 0 Å². The number of rotatable bonds is 4. The largest absolute Gasteiger partial charge is 0.455 e. The Morgan fingerprint density at radius 2 is 1.08 bits per heavy atom. The van der Waals surface area contributed by atoms with Crippen molar-refractivity contribution in [1.82, 2.24) is 4.57 Å². The number of para-hydroxylation sites is 4. The number of benzene rings is 9. The first kappa shape index (κ1) is 32.5. The third-order valence-corrected chi connectivity index (χ3v) is 13.2. The molecular weight excluding hydrogens is 717 g/mol. The van der Waals surface area contributed by atoms with Crippen LogP contribution in [0.1, 0.15) is 23.6 Å². The number of fused-ring (bicyclic) bond motifs is 11. The third kappa shape index (κ3) is 4.36. The van der Waals surface area contributed by atoms with Crippen LogP contribution in [0, 0.1) is 0 Å². The van der Waals surface area contributed by atoms with Crippen LogP contribution in [0.25, 0.3) is 82.8 Å². The number of hydrogen-bond acceptors (Lipinski definition) is 2. The second-order valence-electron chi connectivity index (χ2n) is 16.2. The van der Waals surface area contributed by atoms with Crippen molar-refractivity contribution in [2.45, 2.75) is 12.3 Å². The van der Waals surface area contributed by atoms with Crippen LogP contribution < -0.4 is 4.90 Å². The van der Waals surface area contributed by atoms with Crippen molar-refractivity contribution in [3.05, 3.63) is 217 Å². The molecule has 1 aliphatic carbocycles. The van der Waals surface area contributed by atoms with Gasteiger partial charge < -0.3 is 13.9 Å². The van der Waals surface area contributed by atoms with Crippen LogP contribution in [-0.4, -0.2) is 4.57 Å². The zero-order valence-electron chi connectivity index (χ0n) is 32.4. The summed E-state index contributed by atoms with van der Waals surface area (Å²) >= 11 is 0. The van der Waals surface area contributed by atoms with Gasteiger partial charge in [-0.15, -0.1) is 0 Å². The molecule has 2 aromatic heterocycles. The normalized spacial score (nSPS) is 15.2. The first-order valence-corrected chi connectivity index (χ1v) is 20.4. The van der Waals surface area contributed by atoms with E-state index in [9.17, 15) is 0 Å². The first-order valence-electron chi connectivity index (χ1n) is 20.4. The summed E-state index contributed by atoms with van der Waals surface area (Å²) in [7, 11) is 0. The van der Waals surface area contributed by atoms with E-state index >= 15 is 0 Å². The second kappa shape index (κ2) is 12.0. The maximum atomic E-state index is 6.46. The lowest BCUT2D eigenvalue weighted by Crippen LogP contribution is -2.32. The fourth-order valence-electron chi connectivity index (χ4n) is 10.6. The van der Waals surface area contributed by atoms with Crippen molar-refractivity contribution in [2.24, 2.45) is 0 Å². The van der Waals surface area contributed by atoms with Gasteiger partial charge in [-0.2, -0.15) is 0 Å². The van der Waals surface area contributed by atoms with Crippen LogP contribution in [0.3, 0.4) is 0 Å². The molecule has 0 N–H and O–H groups in total. The summed E-state index contributed by atoms with van der Waals surface area (Å²) in [6, 6.07) is 73.2. The maximum Gasteiger partial charge on any atom is 0.143 e. The monoisotopic (exact) mass is 752 g/mol. The third-order valence-electron chi connectivity index (χ3n) is 13.2. The minimum absolute atomic E-state index is 0.354. The Morgan fingerprint density at radius 3 is 1.98 bits per heavy atom. The predicted molar refractivity (Wildman–Crippen MR) is 245 cm³/mol. The van der Waals surface area contributed by atoms with E-state index in [1.165, 1.54) is 72.1 Å². The Hall–Kier alpha value is -7.62. The van der Waals surface area contributed by atoms with Crippen LogP contribution >= 0.6 is 0 Å². The standard InChI is InChI=1S/C56H36N2O/c1-56-46-23-8-5-16-41(46)43-21-13-26-51(54(43)56)58(38-31-28-35(29-32-38)40-20-11-22-44-42-17-7-10-27-52(42)59-55(40)44)49-33-30-36(34-47(49)56)39-19-12-25-50-53(39)45-18-6-9-24-48(45)57(50)37-14-3-2-4-15-37/h2-34H,1H3. The Bertz CT molecular complexity index is 3520. The Balaban J connectivity index is 1.02. The number of anilines is 3. The van der Waals surface area contributed by atoms with Crippen molar-refractivity contribution >= 4 is 60.8 Å². The van der Waals surface area contributed by atoms with Crippen LogP contribution in [-0.2, 0) is 5.41 Å². The highest BCUT2D eigenvalue weighted by Gasteiger charge is 2.48. The van der Waals surface area contributed by atoms with E-state index in [2.05, 4.69) is 211 Å². The summed E-state index contributed by atoms with van der Waals surface area (Å²) in [5, 5.41) is 4.81. The van der Waals surface area contributed by atoms with Crippen LogP contribution in [0.4, 0.5) is 17.1 Å². The van der Waals surface area contributed by atoms with Crippen molar-refractivity contribution in [3.63, 3.8) is 0 Å². The van der Waals surface area contributed by atoms with E-state index in [4.69, 9.17) is 4.42 Å². The van der Waals surface area contributed by atoms with E-state index < -0.39 is 0 Å². The molecule has 3 heterocycles. The molecule has 0 fully saturated rings. The zero-order chi connectivity index (χ0) is 38.8. The number of hydrogen-bond donors (Lipinski definition) is 0. The van der Waals surface area contributed by atoms with E-state index in [1.807, 2.05) is 6.07 Å². The average molecular weight is 753 g/mol. The topological polar surface area (TPSA) is 21.3 Å². The average Bonchev–Trinajstić information content (AvgIpc) is 3.94. The summed E-state index contributed by atoms with van der Waals surface area (Å²) in [6.45, 7) is 2.44. The van der Waals surface area contributed by atoms with E-state index in [0.29, 0.717) is 0 Å². The molecular formula is C56H36N2O. The summed E-state index contributed by atoms with van der Waals surface area (Å²) < 4.78 is 8.87. The molecule has 3 nitrogen and oxygen atoms in total. The molecule has 1 unspecified atom stereocenters. The molecule has 2 aliphatic rings. The van der Waals surface area contributed by atoms with Crippen LogP contribution in [0.15, 0.2) is 205 Å². The summed E-state index contributed by atoms with van der Waals surface area (Å²) in [5.41, 5.74) is 19.9. The first-order chi connectivity index (χ1) is 29.2. The molecule has 276 valence electrons. The summed E-state index contributed by atoms with van der Waals surface area (Å²) in [5.74, 6) is 0. The van der Waals surface area contributed by atoms with E-state index in [1.54, 1.807) is 0 Å². The highest BCUT2D eigenvalue weighted by Crippen LogP contribution is 2.62. The summed E-state index contributed by atoms with van der Waals surface area (Å²) in [6.07, 6.45) is 0. The van der Waals surface area contributed by atoms with Gasteiger partial charge in [0.1, 0.15) is 11.2 Å². The fraction of sp³-hybridized carbons (Fsp3) is 0.0357. The number of aromatic nitrogens is 1. The Morgan fingerprint density at radius 1 is 0.424 bits per heavy atom. The SMILES string of the molecule is CC12c3ccccc3-c3cccc(c31)N(c1ccc(-c3cccc4c3oc3ccccc34)cc1)c1ccc(-c3cccc4c3c3ccccc3n4-c3ccccc3)cc12. The lowest BCUT2D eigenvalue weighted by Gasteiger charge is -2.42. The highest BCUT2D eigenvalue weighted by molar-refractivity contribution is 6.16. The molecule has 59 heavy (non-hydrogen) atoms. The van der Waals surface area contributed by atoms with Crippen LogP contribution in [0.2, 0.25) is 0 Å². The van der Waals surface area contributed by atoms with Crippen molar-refractivity contribution in [3.8, 4) is 39.1 Å². The van der Waals surface area contributed by atoms with Gasteiger partial charge in [0, 0.05) is 43.9 Å². The molecule has 0 bridgehead atoms. The minimum atomic E-state index is -0.354. The predicted octanol–water partition coefficient (Wildman–Crippen LogP) is 15.1. The molecule has 0 spiro atoms. The van der Waals surface area contributed by atoms with Crippen molar-refractivity contribution in [1.29, 1.82) is 0 Å². The minimum Gasteiger partial charge on any atom is -0.455 e. The lowest BCUT2D eigenvalue weighted by molar-refractivity contribution is 0.670. The number of nitrogens with zero attached hydrogens (tertiary/aromatic N) is 2. The lowest BCUT2D eigenvalue weighted by atomic mass is 9.70. The van der Waals surface area contributed by atoms with Gasteiger partial charge in [0.2, 0.25) is 0 Å². The molecule has 0 radical (unpaired) electrons. The quantitative estimate of drug-likeness (QED) is 0.179. The van der Waals surface area contributed by atoms with Crippen molar-refractivity contribution < 1.29 is 4.42 Å². The Labute approximate surface area is 341 Å². The van der Waals surface area contributed by atoms with Gasteiger partial charge in [-0.3, -0.25) is 0 Å². The highest BCUT2D eigenvalue weighted by atomic mass is 16.3. The number of furan rings is 1. The van der Waals surface area contributed by atoms with Gasteiger partial charge in [0.05, 0.1) is 22.4 Å². The maximum absolute atomic E-state index is 6.46. The molecule has 11 aromatic rings. The van der Waals surface area contributed by atoms with Gasteiger partial charge >= 0.3 is 0 Å². The Kier molecular flexibility index (Phi) is 6.58. The van der Waals surface area contributed by atoms with Gasteiger partial charge in [0.15, 0.2) is 0 Å². The molecule has 1 atom stereocenters. The zero-order valence-corrected chi connectivity index (χ0v) is 32.4. The molecule has 9 aromatic carbocycles. The molecule has 0 saturated heterocycles. The van der Waals surface area contributed by atoms with Gasteiger partial charge in [-0.25, -0.2) is 0 Å². The molecule has 0 saturated carbocycles. The molecule has 13 rings (SSSR count). The van der Waals surface area contributed by atoms with E-state index in [0.717, 1.165) is 44.4 Å². The van der Waals surface area contributed by atoms with Crippen molar-refractivity contribution in [2.75, 3.05) is 4.90 Å². The molecule has 0 amide bonds. The van der Waals surface area contributed by atoms with Gasteiger partial charge in [-0.05, 0) is 112 Å². The fourth-order valence-corrected chi connectivity index (χ4v) is 10.6. The van der Waals surface area contributed by atoms with Gasteiger partial charge in [-0.1, -0.05) is 140 Å².